The molecule has 0 saturated carbocycles. The van der Waals surface area contributed by atoms with Crippen LogP contribution in [0.5, 0.6) is 11.5 Å². The lowest BCUT2D eigenvalue weighted by Gasteiger charge is -2.18. The van der Waals surface area contributed by atoms with Crippen molar-refractivity contribution in [1.29, 1.82) is 0 Å². The first-order valence-corrected chi connectivity index (χ1v) is 7.28. The molecule has 116 valence electrons. The number of aliphatic hydroxyl groups is 1. The molecule has 0 spiro atoms. The number of ether oxygens (including phenoxy) is 2. The second kappa shape index (κ2) is 10.3. The van der Waals surface area contributed by atoms with Crippen LogP contribution in [0.3, 0.4) is 0 Å². The van der Waals surface area contributed by atoms with Gasteiger partial charge in [-0.1, -0.05) is 22.9 Å². The van der Waals surface area contributed by atoms with Crippen LogP contribution >= 0.6 is 15.9 Å². The van der Waals surface area contributed by atoms with E-state index in [1.807, 2.05) is 26.0 Å². The minimum Gasteiger partial charge on any atom is -1.00 e. The molecule has 20 heavy (non-hydrogen) atoms. The smallest absolute Gasteiger partial charge is 0.165 e. The second-order valence-corrected chi connectivity index (χ2v) is 5.11. The molecule has 0 aliphatic carbocycles. The summed E-state index contributed by atoms with van der Waals surface area (Å²) in [6.07, 6.45) is 0.881. The third-order valence-corrected chi connectivity index (χ3v) is 3.36. The van der Waals surface area contributed by atoms with Crippen molar-refractivity contribution in [2.45, 2.75) is 32.9 Å². The number of halogens is 2. The predicted octanol–water partition coefficient (Wildman–Crippen LogP) is -0.279. The first kappa shape index (κ1) is 19.5. The van der Waals surface area contributed by atoms with Crippen LogP contribution in [0.15, 0.2) is 16.6 Å². The van der Waals surface area contributed by atoms with E-state index in [2.05, 4.69) is 21.2 Å². The number of nitrogens with one attached hydrogen (secondary N) is 1. The monoisotopic (exact) mass is 366 g/mol. The Kier molecular flexibility index (Phi) is 10.0. The zero-order valence-corrected chi connectivity index (χ0v) is 14.4. The van der Waals surface area contributed by atoms with E-state index in [4.69, 9.17) is 9.47 Å². The first-order chi connectivity index (χ1) is 9.15. The van der Waals surface area contributed by atoms with E-state index in [0.29, 0.717) is 18.9 Å². The summed E-state index contributed by atoms with van der Waals surface area (Å²) in [7, 11) is 1.63. The number of aliphatic hydroxyl groups excluding tert-OH is 1. The van der Waals surface area contributed by atoms with Crippen LogP contribution in [0.4, 0.5) is 0 Å². The maximum atomic E-state index is 9.20. The molecule has 1 aromatic rings. The van der Waals surface area contributed by atoms with Crippen LogP contribution in [-0.2, 0) is 6.54 Å². The van der Waals surface area contributed by atoms with E-state index < -0.39 is 0 Å². The van der Waals surface area contributed by atoms with Gasteiger partial charge in [0.2, 0.25) is 0 Å². The maximum absolute atomic E-state index is 9.20. The minimum absolute atomic E-state index is 0. The number of methoxy groups -OCH3 is 1. The summed E-state index contributed by atoms with van der Waals surface area (Å²) in [5, 5.41) is 12.5. The van der Waals surface area contributed by atoms with E-state index >= 15 is 0 Å². The molecule has 1 unspecified atom stereocenters. The minimum atomic E-state index is 0. The van der Waals surface area contributed by atoms with Gasteiger partial charge in [0.25, 0.3) is 0 Å². The third kappa shape index (κ3) is 5.48. The summed E-state index contributed by atoms with van der Waals surface area (Å²) in [6.45, 7) is 5.33. The second-order valence-electron chi connectivity index (χ2n) is 4.20. The molecule has 0 aliphatic heterocycles. The number of hydrogen-bond acceptors (Lipinski definition) is 4. The topological polar surface area (TPSA) is 50.7 Å². The molecule has 0 bridgehead atoms. The summed E-state index contributed by atoms with van der Waals surface area (Å²) >= 11 is 3.47. The van der Waals surface area contributed by atoms with Gasteiger partial charge >= 0.3 is 0 Å². The average Bonchev–Trinajstić information content (AvgIpc) is 2.42. The van der Waals surface area contributed by atoms with Gasteiger partial charge in [-0.3, -0.25) is 0 Å². The van der Waals surface area contributed by atoms with Crippen LogP contribution in [-0.4, -0.2) is 31.5 Å². The van der Waals surface area contributed by atoms with Crippen molar-refractivity contribution in [1.82, 2.24) is 5.32 Å². The Morgan fingerprint density at radius 1 is 1.35 bits per heavy atom. The van der Waals surface area contributed by atoms with Gasteiger partial charge in [-0.25, -0.2) is 0 Å². The van der Waals surface area contributed by atoms with Crippen LogP contribution in [0.25, 0.3) is 0 Å². The van der Waals surface area contributed by atoms with Crippen molar-refractivity contribution in [3.8, 4) is 11.5 Å². The summed E-state index contributed by atoms with van der Waals surface area (Å²) < 4.78 is 12.0. The largest absolute Gasteiger partial charge is 1.00 e. The lowest BCUT2D eigenvalue weighted by molar-refractivity contribution is -0.00000563. The molecule has 0 saturated heterocycles. The van der Waals surface area contributed by atoms with E-state index in [0.717, 1.165) is 22.2 Å². The maximum Gasteiger partial charge on any atom is 0.165 e. The molecule has 1 rings (SSSR count). The van der Waals surface area contributed by atoms with Crippen molar-refractivity contribution < 1.29 is 27.0 Å². The molecular weight excluding hydrogens is 346 g/mol. The van der Waals surface area contributed by atoms with Crippen molar-refractivity contribution in [3.05, 3.63) is 22.2 Å². The predicted molar refractivity (Wildman–Crippen MR) is 79.9 cm³/mol. The summed E-state index contributed by atoms with van der Waals surface area (Å²) in [5.41, 5.74) is 1.01. The molecule has 6 heteroatoms. The van der Waals surface area contributed by atoms with Crippen LogP contribution in [0, 0.1) is 0 Å². The van der Waals surface area contributed by atoms with Gasteiger partial charge in [-0.15, -0.1) is 0 Å². The Morgan fingerprint density at radius 3 is 2.55 bits per heavy atom. The molecule has 4 nitrogen and oxygen atoms in total. The van der Waals surface area contributed by atoms with Crippen LogP contribution in [0.2, 0.25) is 0 Å². The van der Waals surface area contributed by atoms with E-state index in [9.17, 15) is 5.11 Å². The molecule has 0 amide bonds. The molecular formula is C14H22BrClNO3-. The van der Waals surface area contributed by atoms with E-state index in [1.165, 1.54) is 0 Å². The van der Waals surface area contributed by atoms with Crippen molar-refractivity contribution in [2.24, 2.45) is 0 Å². The molecule has 0 radical (unpaired) electrons. The summed E-state index contributed by atoms with van der Waals surface area (Å²) in [6, 6.07) is 3.99. The van der Waals surface area contributed by atoms with Gasteiger partial charge in [0.1, 0.15) is 0 Å². The standard InChI is InChI=1S/C14H22BrNO3.ClH/c1-4-12(9-17)16-8-10-6-11(15)7-13(18-3)14(10)19-5-2;/h6-7,12,16-17H,4-5,8-9H2,1-3H3;1H/p-1. The van der Waals surface area contributed by atoms with Gasteiger partial charge < -0.3 is 32.3 Å². The Balaban J connectivity index is 0.00000361. The molecule has 0 heterocycles. The van der Waals surface area contributed by atoms with Gasteiger partial charge in [0.15, 0.2) is 11.5 Å². The lowest BCUT2D eigenvalue weighted by Crippen LogP contribution is -3.00. The van der Waals surface area contributed by atoms with Gasteiger partial charge in [0, 0.05) is 22.6 Å². The fourth-order valence-electron chi connectivity index (χ4n) is 1.81. The third-order valence-electron chi connectivity index (χ3n) is 2.90. The zero-order valence-electron chi connectivity index (χ0n) is 12.1. The summed E-state index contributed by atoms with van der Waals surface area (Å²) in [4.78, 5) is 0. The summed E-state index contributed by atoms with van der Waals surface area (Å²) in [5.74, 6) is 1.47. The molecule has 0 fully saturated rings. The van der Waals surface area contributed by atoms with Crippen LogP contribution in [0.1, 0.15) is 25.8 Å². The highest BCUT2D eigenvalue weighted by Gasteiger charge is 2.13. The van der Waals surface area contributed by atoms with E-state index in [-0.39, 0.29) is 25.1 Å². The van der Waals surface area contributed by atoms with Gasteiger partial charge in [0.05, 0.1) is 20.3 Å². The molecule has 0 aromatic heterocycles. The fraction of sp³-hybridized carbons (Fsp3) is 0.571. The fourth-order valence-corrected chi connectivity index (χ4v) is 2.29. The van der Waals surface area contributed by atoms with E-state index in [1.54, 1.807) is 7.11 Å². The molecule has 1 aromatic carbocycles. The lowest BCUT2D eigenvalue weighted by atomic mass is 10.1. The number of rotatable bonds is 8. The highest BCUT2D eigenvalue weighted by molar-refractivity contribution is 9.10. The van der Waals surface area contributed by atoms with Crippen molar-refractivity contribution in [2.75, 3.05) is 20.3 Å². The number of benzene rings is 1. The molecule has 0 aliphatic rings. The Hall–Kier alpha value is -0.490. The average molecular weight is 368 g/mol. The van der Waals surface area contributed by atoms with Gasteiger partial charge in [-0.05, 0) is 25.5 Å². The quantitative estimate of drug-likeness (QED) is 0.664. The molecule has 1 atom stereocenters. The van der Waals surface area contributed by atoms with Crippen molar-refractivity contribution in [3.63, 3.8) is 0 Å². The highest BCUT2D eigenvalue weighted by Crippen LogP contribution is 2.34. The Labute approximate surface area is 135 Å². The highest BCUT2D eigenvalue weighted by atomic mass is 79.9. The molecule has 2 N–H and O–H groups in total. The zero-order chi connectivity index (χ0) is 14.3. The SMILES string of the molecule is CCOc1c(CNC(CC)CO)cc(Br)cc1OC.[Cl-]. The van der Waals surface area contributed by atoms with Crippen LogP contribution < -0.4 is 27.2 Å². The Bertz CT molecular complexity index is 400. The normalized spacial score (nSPS) is 11.7. The number of hydrogen-bond donors (Lipinski definition) is 2. The van der Waals surface area contributed by atoms with Crippen molar-refractivity contribution >= 4 is 15.9 Å². The Morgan fingerprint density at radius 2 is 2.05 bits per heavy atom. The van der Waals surface area contributed by atoms with Gasteiger partial charge in [-0.2, -0.15) is 0 Å². The first-order valence-electron chi connectivity index (χ1n) is 6.49.